The zero-order chi connectivity index (χ0) is 22.5. The molecule has 0 radical (unpaired) electrons. The van der Waals surface area contributed by atoms with E-state index in [1.54, 1.807) is 0 Å². The average molecular weight is 444 g/mol. The molecule has 0 aromatic heterocycles. The molecule has 2 heterocycles. The lowest BCUT2D eigenvalue weighted by Crippen LogP contribution is -2.58. The summed E-state index contributed by atoms with van der Waals surface area (Å²) in [7, 11) is 0. The van der Waals surface area contributed by atoms with Gasteiger partial charge in [-0.1, -0.05) is 27.7 Å². The summed E-state index contributed by atoms with van der Waals surface area (Å²) in [5.41, 5.74) is 0.435. The molecule has 1 amide bonds. The molecule has 180 valence electrons. The van der Waals surface area contributed by atoms with E-state index in [-0.39, 0.29) is 11.8 Å². The Morgan fingerprint density at radius 3 is 2.50 bits per heavy atom. The highest BCUT2D eigenvalue weighted by atomic mass is 16.5. The molecule has 6 unspecified atom stereocenters. The van der Waals surface area contributed by atoms with Crippen LogP contribution in [0.2, 0.25) is 0 Å². The Balaban J connectivity index is 1.28. The predicted molar refractivity (Wildman–Crippen MR) is 125 cm³/mol. The molecule has 12 atom stereocenters. The normalized spacial score (nSPS) is 59.3. The fourth-order valence-electron chi connectivity index (χ4n) is 10.9. The van der Waals surface area contributed by atoms with Crippen LogP contribution in [0.15, 0.2) is 0 Å². The maximum atomic E-state index is 12.1. The number of carbonyl (C=O) groups excluding carboxylic acids is 1. The van der Waals surface area contributed by atoms with Gasteiger partial charge < -0.3 is 14.7 Å². The van der Waals surface area contributed by atoms with Crippen molar-refractivity contribution in [3.05, 3.63) is 0 Å². The van der Waals surface area contributed by atoms with Gasteiger partial charge in [-0.3, -0.25) is 4.79 Å². The molecule has 0 aromatic rings. The van der Waals surface area contributed by atoms with E-state index in [1.807, 2.05) is 4.90 Å². The molecular weight excluding hydrogens is 398 g/mol. The summed E-state index contributed by atoms with van der Waals surface area (Å²) in [4.78, 5) is 14.2. The van der Waals surface area contributed by atoms with Gasteiger partial charge in [-0.15, -0.1) is 0 Å². The van der Waals surface area contributed by atoms with E-state index in [4.69, 9.17) is 4.74 Å². The second-order valence-electron chi connectivity index (χ2n) is 13.6. The van der Waals surface area contributed by atoms with E-state index >= 15 is 0 Å². The van der Waals surface area contributed by atoms with Gasteiger partial charge in [0.2, 0.25) is 6.41 Å². The Morgan fingerprint density at radius 1 is 0.938 bits per heavy atom. The molecule has 1 N–H and O–H groups in total. The summed E-state index contributed by atoms with van der Waals surface area (Å²) in [6, 6.07) is 0. The van der Waals surface area contributed by atoms with Gasteiger partial charge in [0.05, 0.1) is 12.2 Å². The minimum atomic E-state index is -0.350. The topological polar surface area (TPSA) is 49.8 Å². The molecule has 6 aliphatic rings. The third-order valence-corrected chi connectivity index (χ3v) is 12.4. The van der Waals surface area contributed by atoms with Crippen LogP contribution in [-0.2, 0) is 9.53 Å². The number of piperidine rings is 1. The van der Waals surface area contributed by atoms with Crippen LogP contribution in [0.1, 0.15) is 91.9 Å². The lowest BCUT2D eigenvalue weighted by molar-refractivity contribution is -0.194. The van der Waals surface area contributed by atoms with Crippen molar-refractivity contribution in [3.63, 3.8) is 0 Å². The number of amides is 1. The first kappa shape index (κ1) is 21.9. The van der Waals surface area contributed by atoms with Crippen LogP contribution >= 0.6 is 0 Å². The molecule has 4 heteroatoms. The maximum Gasteiger partial charge on any atom is 0.211 e. The molecule has 2 aliphatic heterocycles. The number of carbonyl (C=O) groups is 1. The van der Waals surface area contributed by atoms with Crippen LogP contribution in [-0.4, -0.2) is 40.9 Å². The predicted octanol–water partition coefficient (Wildman–Crippen LogP) is 5.24. The molecule has 32 heavy (non-hydrogen) atoms. The quantitative estimate of drug-likeness (QED) is 0.564. The zero-order valence-electron chi connectivity index (χ0n) is 20.8. The number of aliphatic hydroxyl groups is 1. The van der Waals surface area contributed by atoms with E-state index in [9.17, 15) is 9.90 Å². The SMILES string of the molecule is CC1C2C(CC3[C@@H]4CCC5C[C@@H](O)CC[C@]5(C)C4CC[C@]23C)O[C@@]12CC[C@H](C)CN2C=O. The van der Waals surface area contributed by atoms with Crippen molar-refractivity contribution in [1.82, 2.24) is 4.90 Å². The van der Waals surface area contributed by atoms with Gasteiger partial charge in [0, 0.05) is 12.5 Å². The van der Waals surface area contributed by atoms with Gasteiger partial charge in [-0.2, -0.15) is 0 Å². The molecule has 0 aromatic carbocycles. The van der Waals surface area contributed by atoms with Gasteiger partial charge in [0.1, 0.15) is 5.72 Å². The first-order valence-corrected chi connectivity index (χ1v) is 13.8. The van der Waals surface area contributed by atoms with Gasteiger partial charge in [-0.05, 0) is 111 Å². The van der Waals surface area contributed by atoms with E-state index in [1.165, 1.54) is 44.9 Å². The lowest BCUT2D eigenvalue weighted by Gasteiger charge is -2.61. The molecule has 4 saturated carbocycles. The lowest BCUT2D eigenvalue weighted by atomic mass is 9.44. The first-order chi connectivity index (χ1) is 15.2. The number of rotatable bonds is 1. The van der Waals surface area contributed by atoms with E-state index in [2.05, 4.69) is 27.7 Å². The van der Waals surface area contributed by atoms with E-state index in [0.717, 1.165) is 55.9 Å². The Bertz CT molecular complexity index is 772. The van der Waals surface area contributed by atoms with Crippen molar-refractivity contribution in [2.24, 2.45) is 52.3 Å². The third-order valence-electron chi connectivity index (χ3n) is 12.4. The number of aliphatic hydroxyl groups excluding tert-OH is 1. The number of hydrogen-bond donors (Lipinski definition) is 1. The number of likely N-dealkylation sites (tertiary alicyclic amines) is 1. The number of fused-ring (bicyclic) bond motifs is 7. The number of nitrogens with zero attached hydrogens (tertiary/aromatic N) is 1. The summed E-state index contributed by atoms with van der Waals surface area (Å²) in [5, 5.41) is 10.3. The van der Waals surface area contributed by atoms with Crippen LogP contribution in [0.3, 0.4) is 0 Å². The Kier molecular flexibility index (Phi) is 4.92. The minimum Gasteiger partial charge on any atom is -0.393 e. The molecule has 4 nitrogen and oxygen atoms in total. The maximum absolute atomic E-state index is 12.1. The third kappa shape index (κ3) is 2.72. The Hall–Kier alpha value is -0.610. The first-order valence-electron chi connectivity index (χ1n) is 13.8. The van der Waals surface area contributed by atoms with Gasteiger partial charge in [0.25, 0.3) is 0 Å². The van der Waals surface area contributed by atoms with Crippen molar-refractivity contribution in [2.45, 2.75) is 110 Å². The molecule has 2 saturated heterocycles. The summed E-state index contributed by atoms with van der Waals surface area (Å²) in [5.74, 6) is 4.74. The summed E-state index contributed by atoms with van der Waals surface area (Å²) in [6.45, 7) is 10.7. The average Bonchev–Trinajstić information content (AvgIpc) is 3.21. The molecular formula is C28H45NO3. The van der Waals surface area contributed by atoms with Crippen LogP contribution in [0.4, 0.5) is 0 Å². The minimum absolute atomic E-state index is 0.0614. The fraction of sp³-hybridized carbons (Fsp3) is 0.964. The van der Waals surface area contributed by atoms with Gasteiger partial charge in [-0.25, -0.2) is 0 Å². The Morgan fingerprint density at radius 2 is 1.72 bits per heavy atom. The smallest absolute Gasteiger partial charge is 0.211 e. The van der Waals surface area contributed by atoms with Crippen LogP contribution in [0.5, 0.6) is 0 Å². The highest BCUT2D eigenvalue weighted by Gasteiger charge is 2.69. The highest BCUT2D eigenvalue weighted by Crippen LogP contribution is 2.71. The van der Waals surface area contributed by atoms with Gasteiger partial charge in [0.15, 0.2) is 0 Å². The molecule has 6 fully saturated rings. The van der Waals surface area contributed by atoms with Crippen LogP contribution in [0, 0.1) is 52.3 Å². The second-order valence-corrected chi connectivity index (χ2v) is 13.6. The zero-order valence-corrected chi connectivity index (χ0v) is 20.8. The highest BCUT2D eigenvalue weighted by molar-refractivity contribution is 5.49. The van der Waals surface area contributed by atoms with Crippen molar-refractivity contribution in [2.75, 3.05) is 6.54 Å². The number of ether oxygens (including phenoxy) is 1. The second kappa shape index (κ2) is 7.20. The summed E-state index contributed by atoms with van der Waals surface area (Å²) < 4.78 is 7.02. The van der Waals surface area contributed by atoms with Crippen molar-refractivity contribution < 1.29 is 14.6 Å². The number of hydrogen-bond acceptors (Lipinski definition) is 3. The molecule has 4 aliphatic carbocycles. The van der Waals surface area contributed by atoms with Crippen molar-refractivity contribution >= 4 is 6.41 Å². The summed E-state index contributed by atoms with van der Waals surface area (Å²) in [6.07, 6.45) is 13.4. The molecule has 1 spiro atoms. The Labute approximate surface area is 194 Å². The molecule has 6 rings (SSSR count). The van der Waals surface area contributed by atoms with E-state index < -0.39 is 0 Å². The van der Waals surface area contributed by atoms with Crippen molar-refractivity contribution in [3.8, 4) is 0 Å². The van der Waals surface area contributed by atoms with E-state index in [0.29, 0.717) is 34.7 Å². The van der Waals surface area contributed by atoms with Crippen molar-refractivity contribution in [1.29, 1.82) is 0 Å². The van der Waals surface area contributed by atoms with Gasteiger partial charge >= 0.3 is 0 Å². The largest absolute Gasteiger partial charge is 0.393 e. The van der Waals surface area contributed by atoms with Crippen LogP contribution in [0.25, 0.3) is 0 Å². The molecule has 0 bridgehead atoms. The van der Waals surface area contributed by atoms with Crippen LogP contribution < -0.4 is 0 Å². The standard InChI is InChI=1S/C28H45NO3/c1-17-7-12-28(29(15-17)16-30)18(2)25-24(32-28)14-23-21-6-5-19-13-20(31)8-10-26(19,3)22(21)9-11-27(23,25)4/h16-25,31H,5-15H2,1-4H3/t17-,18?,19?,20-,21+,22?,23?,24?,25?,26-,27-,28-/m0/s1. The monoisotopic (exact) mass is 443 g/mol. The summed E-state index contributed by atoms with van der Waals surface area (Å²) >= 11 is 0. The fourth-order valence-corrected chi connectivity index (χ4v) is 10.9.